The summed E-state index contributed by atoms with van der Waals surface area (Å²) < 4.78 is 75.9. The number of ether oxygens (including phenoxy) is 2. The largest absolute Gasteiger partial charge is 0.573 e. The van der Waals surface area contributed by atoms with Gasteiger partial charge in [0.05, 0.1) is 12.3 Å². The molecule has 0 atom stereocenters. The Morgan fingerprint density at radius 3 is 2.49 bits per heavy atom. The zero-order valence-electron chi connectivity index (χ0n) is 18.4. The number of hydrogen-bond acceptors (Lipinski definition) is 6. The Morgan fingerprint density at radius 2 is 1.80 bits per heavy atom. The number of carbonyl (C=O) groups excluding carboxylic acids is 1. The van der Waals surface area contributed by atoms with Crippen LogP contribution in [-0.4, -0.2) is 31.9 Å². The number of sulfonamides is 1. The van der Waals surface area contributed by atoms with Crippen LogP contribution >= 0.6 is 0 Å². The fourth-order valence-corrected chi connectivity index (χ4v) is 4.19. The molecule has 13 heteroatoms. The molecule has 3 rings (SSSR count). The number of anilines is 2. The quantitative estimate of drug-likeness (QED) is 0.476. The van der Waals surface area contributed by atoms with Gasteiger partial charge in [-0.2, -0.15) is 0 Å². The molecule has 0 saturated heterocycles. The Hall–Kier alpha value is -4.00. The van der Waals surface area contributed by atoms with E-state index in [9.17, 15) is 31.2 Å². The van der Waals surface area contributed by atoms with E-state index in [1.807, 2.05) is 0 Å². The fraction of sp³-hybridized carbons (Fsp3) is 0.182. The van der Waals surface area contributed by atoms with E-state index in [1.165, 1.54) is 54.2 Å². The van der Waals surface area contributed by atoms with Crippen molar-refractivity contribution in [2.75, 3.05) is 16.6 Å². The number of amides is 1. The highest BCUT2D eigenvalue weighted by Gasteiger charge is 2.31. The third-order valence-corrected chi connectivity index (χ3v) is 5.90. The van der Waals surface area contributed by atoms with E-state index in [0.717, 1.165) is 18.2 Å². The zero-order chi connectivity index (χ0) is 25.8. The van der Waals surface area contributed by atoms with E-state index in [4.69, 9.17) is 4.74 Å². The SMILES string of the molecule is CCOc1cc(NC(=O)c2cccn(C)c2=O)ccc1S(=O)(=O)Nc1cccc(OC(F)(F)F)c1. The van der Waals surface area contributed by atoms with Gasteiger partial charge in [0.2, 0.25) is 0 Å². The summed E-state index contributed by atoms with van der Waals surface area (Å²) in [7, 11) is -2.82. The van der Waals surface area contributed by atoms with E-state index in [2.05, 4.69) is 14.8 Å². The predicted octanol–water partition coefficient (Wildman–Crippen LogP) is 3.74. The Morgan fingerprint density at radius 1 is 1.06 bits per heavy atom. The molecule has 0 aliphatic rings. The van der Waals surface area contributed by atoms with E-state index >= 15 is 0 Å². The van der Waals surface area contributed by atoms with E-state index < -0.39 is 33.6 Å². The van der Waals surface area contributed by atoms with Crippen molar-refractivity contribution >= 4 is 27.3 Å². The van der Waals surface area contributed by atoms with Gasteiger partial charge >= 0.3 is 6.36 Å². The van der Waals surface area contributed by atoms with Gasteiger partial charge in [-0.15, -0.1) is 13.2 Å². The van der Waals surface area contributed by atoms with Crippen LogP contribution in [0.5, 0.6) is 11.5 Å². The number of alkyl halides is 3. The number of nitrogens with zero attached hydrogens (tertiary/aromatic N) is 1. The number of pyridine rings is 1. The Bertz CT molecular complexity index is 1400. The van der Waals surface area contributed by atoms with E-state index in [1.54, 1.807) is 6.92 Å². The van der Waals surface area contributed by atoms with Crippen LogP contribution < -0.4 is 25.1 Å². The molecule has 0 radical (unpaired) electrons. The van der Waals surface area contributed by atoms with Gasteiger partial charge in [0.25, 0.3) is 21.5 Å². The summed E-state index contributed by atoms with van der Waals surface area (Å²) in [4.78, 5) is 24.3. The third-order valence-electron chi connectivity index (χ3n) is 4.48. The summed E-state index contributed by atoms with van der Waals surface area (Å²) >= 11 is 0. The maximum absolute atomic E-state index is 12.9. The first-order chi connectivity index (χ1) is 16.4. The standard InChI is InChI=1S/C22H20F3N3O6S/c1-3-33-18-13-14(26-20(29)17-8-5-11-28(2)21(17)30)9-10-19(18)35(31,32)27-15-6-4-7-16(12-15)34-22(23,24)25/h4-13,27H,3H2,1-2H3,(H,26,29). The lowest BCUT2D eigenvalue weighted by Gasteiger charge is -2.15. The number of rotatable bonds is 8. The first-order valence-electron chi connectivity index (χ1n) is 10.0. The van der Waals surface area contributed by atoms with Crippen molar-refractivity contribution in [1.82, 2.24) is 4.57 Å². The summed E-state index contributed by atoms with van der Waals surface area (Å²) in [5.41, 5.74) is -0.655. The molecule has 186 valence electrons. The second-order valence-corrected chi connectivity index (χ2v) is 8.72. The van der Waals surface area contributed by atoms with Gasteiger partial charge in [-0.05, 0) is 43.3 Å². The van der Waals surface area contributed by atoms with Crippen molar-refractivity contribution in [2.45, 2.75) is 18.2 Å². The van der Waals surface area contributed by atoms with Crippen molar-refractivity contribution < 1.29 is 35.9 Å². The number of carbonyl (C=O) groups is 1. The van der Waals surface area contributed by atoms with Crippen molar-refractivity contribution in [3.63, 3.8) is 0 Å². The molecule has 0 unspecified atom stereocenters. The molecule has 0 bridgehead atoms. The van der Waals surface area contributed by atoms with Gasteiger partial charge in [0.1, 0.15) is 22.0 Å². The molecule has 0 aliphatic heterocycles. The minimum absolute atomic E-state index is 0.0774. The van der Waals surface area contributed by atoms with Crippen LogP contribution in [0.4, 0.5) is 24.5 Å². The minimum Gasteiger partial charge on any atom is -0.492 e. The molecular weight excluding hydrogens is 491 g/mol. The van der Waals surface area contributed by atoms with Crippen molar-refractivity contribution in [3.8, 4) is 11.5 Å². The molecule has 3 aromatic rings. The van der Waals surface area contributed by atoms with Crippen LogP contribution in [0.1, 0.15) is 17.3 Å². The lowest BCUT2D eigenvalue weighted by molar-refractivity contribution is -0.274. The normalized spacial score (nSPS) is 11.6. The summed E-state index contributed by atoms with van der Waals surface area (Å²) in [5, 5.41) is 2.51. The lowest BCUT2D eigenvalue weighted by Crippen LogP contribution is -2.27. The second-order valence-electron chi connectivity index (χ2n) is 7.07. The summed E-state index contributed by atoms with van der Waals surface area (Å²) in [6.07, 6.45) is -3.45. The number of halogens is 3. The zero-order valence-corrected chi connectivity index (χ0v) is 19.2. The van der Waals surface area contributed by atoms with E-state index in [0.29, 0.717) is 0 Å². The number of aryl methyl sites for hydroxylation is 1. The highest BCUT2D eigenvalue weighted by atomic mass is 32.2. The number of benzene rings is 2. The van der Waals surface area contributed by atoms with E-state index in [-0.39, 0.29) is 34.2 Å². The molecule has 2 N–H and O–H groups in total. The summed E-state index contributed by atoms with van der Waals surface area (Å²) in [6, 6.07) is 10.9. The molecule has 0 spiro atoms. The molecule has 9 nitrogen and oxygen atoms in total. The van der Waals surface area contributed by atoms with Gasteiger partial charge in [-0.3, -0.25) is 14.3 Å². The Kier molecular flexibility index (Phi) is 7.39. The molecule has 1 heterocycles. The highest BCUT2D eigenvalue weighted by Crippen LogP contribution is 2.31. The first kappa shape index (κ1) is 25.6. The average molecular weight is 511 g/mol. The maximum atomic E-state index is 12.9. The maximum Gasteiger partial charge on any atom is 0.573 e. The fourth-order valence-electron chi connectivity index (χ4n) is 3.01. The molecule has 1 amide bonds. The van der Waals surface area contributed by atoms with Crippen molar-refractivity contribution in [1.29, 1.82) is 0 Å². The third kappa shape index (κ3) is 6.53. The van der Waals surface area contributed by atoms with Gasteiger partial charge in [-0.1, -0.05) is 6.07 Å². The summed E-state index contributed by atoms with van der Waals surface area (Å²) in [5.74, 6) is -1.43. The Balaban J connectivity index is 1.88. The second kappa shape index (κ2) is 10.1. The minimum atomic E-state index is -4.94. The van der Waals surface area contributed by atoms with Crippen LogP contribution in [0.15, 0.2) is 70.5 Å². The highest BCUT2D eigenvalue weighted by molar-refractivity contribution is 7.92. The average Bonchev–Trinajstić information content (AvgIpc) is 2.74. The summed E-state index contributed by atoms with van der Waals surface area (Å²) in [6.45, 7) is 1.69. The molecule has 0 fully saturated rings. The van der Waals surface area contributed by atoms with Gasteiger partial charge in [0.15, 0.2) is 0 Å². The van der Waals surface area contributed by atoms with Crippen LogP contribution in [0.2, 0.25) is 0 Å². The molecule has 0 aliphatic carbocycles. The van der Waals surface area contributed by atoms with Gasteiger partial charge in [0, 0.05) is 31.1 Å². The predicted molar refractivity (Wildman–Crippen MR) is 121 cm³/mol. The molecule has 0 saturated carbocycles. The Labute approximate surface area is 198 Å². The number of aromatic nitrogens is 1. The number of nitrogens with one attached hydrogen (secondary N) is 2. The topological polar surface area (TPSA) is 116 Å². The van der Waals surface area contributed by atoms with Gasteiger partial charge < -0.3 is 19.4 Å². The smallest absolute Gasteiger partial charge is 0.492 e. The van der Waals surface area contributed by atoms with Crippen LogP contribution in [0.3, 0.4) is 0 Å². The van der Waals surface area contributed by atoms with Crippen LogP contribution in [0, 0.1) is 0 Å². The lowest BCUT2D eigenvalue weighted by atomic mass is 10.2. The van der Waals surface area contributed by atoms with Crippen LogP contribution in [-0.2, 0) is 17.1 Å². The first-order valence-corrected chi connectivity index (χ1v) is 11.5. The van der Waals surface area contributed by atoms with Crippen molar-refractivity contribution in [2.24, 2.45) is 7.05 Å². The number of hydrogen-bond donors (Lipinski definition) is 2. The van der Waals surface area contributed by atoms with Crippen LogP contribution in [0.25, 0.3) is 0 Å². The molecular formula is C22H20F3N3O6S. The molecule has 35 heavy (non-hydrogen) atoms. The monoisotopic (exact) mass is 511 g/mol. The molecule has 2 aromatic carbocycles. The van der Waals surface area contributed by atoms with Gasteiger partial charge in [-0.25, -0.2) is 8.42 Å². The molecule has 1 aromatic heterocycles. The van der Waals surface area contributed by atoms with Crippen molar-refractivity contribution in [3.05, 3.63) is 76.7 Å².